The van der Waals surface area contributed by atoms with Crippen LogP contribution in [0, 0.1) is 0 Å². The molecule has 1 atom stereocenters. The molecule has 4 heterocycles. The van der Waals surface area contributed by atoms with Gasteiger partial charge in [-0.2, -0.15) is 0 Å². The van der Waals surface area contributed by atoms with Gasteiger partial charge in [-0.15, -0.1) is 11.3 Å². The van der Waals surface area contributed by atoms with Crippen molar-refractivity contribution in [3.8, 4) is 22.6 Å². The molecule has 7 nitrogen and oxygen atoms in total. The summed E-state index contributed by atoms with van der Waals surface area (Å²) in [4.78, 5) is 20.5. The predicted molar refractivity (Wildman–Crippen MR) is 239 cm³/mol. The minimum absolute atomic E-state index is 0.285. The largest absolute Gasteiger partial charge is 0.456 e. The third-order valence-corrected chi connectivity index (χ3v) is 11.9. The van der Waals surface area contributed by atoms with Crippen LogP contribution in [0.3, 0.4) is 0 Å². The summed E-state index contributed by atoms with van der Waals surface area (Å²) in [6.45, 7) is 2.05. The Morgan fingerprint density at radius 1 is 0.603 bits per heavy atom. The van der Waals surface area contributed by atoms with Crippen LogP contribution in [-0.2, 0) is 0 Å². The Morgan fingerprint density at radius 3 is 2.12 bits per heavy atom. The van der Waals surface area contributed by atoms with Gasteiger partial charge in [-0.25, -0.2) is 15.0 Å². The summed E-state index contributed by atoms with van der Waals surface area (Å²) in [6.07, 6.45) is 0. The number of nitrogens with two attached hydrogens (primary N) is 1. The Hall–Kier alpha value is -7.42. The summed E-state index contributed by atoms with van der Waals surface area (Å²) in [7, 11) is 0. The molecule has 0 aliphatic heterocycles. The van der Waals surface area contributed by atoms with E-state index in [9.17, 15) is 0 Å². The third-order valence-electron chi connectivity index (χ3n) is 10.8. The molecule has 0 saturated carbocycles. The first kappa shape index (κ1) is 33.9. The number of hydrogen-bond acceptors (Lipinski definition) is 6. The number of fused-ring (bicyclic) bond motifs is 9. The highest BCUT2D eigenvalue weighted by atomic mass is 32.1. The summed E-state index contributed by atoms with van der Waals surface area (Å²) >= 11 is 1.72. The molecule has 0 bridgehead atoms. The molecule has 0 spiro atoms. The summed E-state index contributed by atoms with van der Waals surface area (Å²) < 4.78 is 15.3. The fourth-order valence-corrected chi connectivity index (χ4v) is 9.08. The molecule has 0 amide bonds. The predicted octanol–water partition coefficient (Wildman–Crippen LogP) is 12.9. The summed E-state index contributed by atoms with van der Waals surface area (Å²) in [5.41, 5.74) is 16.2. The second-order valence-electron chi connectivity index (χ2n) is 14.3. The van der Waals surface area contributed by atoms with Crippen LogP contribution in [0.15, 0.2) is 183 Å². The number of para-hydroxylation sites is 3. The Kier molecular flexibility index (Phi) is 7.97. The van der Waals surface area contributed by atoms with Gasteiger partial charge in [-0.3, -0.25) is 4.99 Å². The van der Waals surface area contributed by atoms with Gasteiger partial charge < -0.3 is 14.6 Å². The lowest BCUT2D eigenvalue weighted by molar-refractivity contribution is 0.654. The molecule has 0 radical (unpaired) electrons. The van der Waals surface area contributed by atoms with Crippen molar-refractivity contribution >= 4 is 87.2 Å². The third kappa shape index (κ3) is 5.64. The van der Waals surface area contributed by atoms with Gasteiger partial charge in [0, 0.05) is 53.9 Å². The number of aliphatic imine (C=N–C) groups is 2. The highest BCUT2D eigenvalue weighted by Crippen LogP contribution is 2.41. The maximum atomic E-state index is 6.93. The molecule has 0 fully saturated rings. The maximum Gasteiger partial charge on any atom is 0.160 e. The van der Waals surface area contributed by atoms with E-state index in [1.165, 1.54) is 4.70 Å². The minimum atomic E-state index is -0.285. The molecular formula is C50H33N5O2S. The maximum absolute atomic E-state index is 6.93. The van der Waals surface area contributed by atoms with Crippen LogP contribution in [0.5, 0.6) is 0 Å². The minimum Gasteiger partial charge on any atom is -0.456 e. The van der Waals surface area contributed by atoms with E-state index in [0.717, 1.165) is 76.3 Å². The molecule has 1 unspecified atom stereocenters. The molecule has 0 aliphatic rings. The summed E-state index contributed by atoms with van der Waals surface area (Å²) in [6, 6.07) is 54.8. The molecule has 11 aromatic rings. The topological polar surface area (TPSA) is 103 Å². The van der Waals surface area contributed by atoms with Crippen LogP contribution in [0.25, 0.3) is 86.8 Å². The van der Waals surface area contributed by atoms with Crippen molar-refractivity contribution in [1.82, 2.24) is 9.97 Å². The number of amidine groups is 2. The van der Waals surface area contributed by atoms with Crippen LogP contribution in [0.1, 0.15) is 29.7 Å². The highest BCUT2D eigenvalue weighted by molar-refractivity contribution is 7.26. The molecule has 4 aromatic heterocycles. The Bertz CT molecular complexity index is 3440. The van der Waals surface area contributed by atoms with E-state index in [1.54, 1.807) is 11.3 Å². The Labute approximate surface area is 336 Å². The number of aromatic nitrogens is 2. The van der Waals surface area contributed by atoms with Crippen LogP contribution in [0.2, 0.25) is 0 Å². The smallest absolute Gasteiger partial charge is 0.160 e. The lowest BCUT2D eigenvalue weighted by Crippen LogP contribution is -2.17. The van der Waals surface area contributed by atoms with E-state index in [2.05, 4.69) is 79.7 Å². The van der Waals surface area contributed by atoms with Gasteiger partial charge in [-0.05, 0) is 37.3 Å². The average Bonchev–Trinajstić information content (AvgIpc) is 3.97. The van der Waals surface area contributed by atoms with E-state index < -0.39 is 0 Å². The summed E-state index contributed by atoms with van der Waals surface area (Å²) in [5, 5.41) is 5.15. The quantitative estimate of drug-likeness (QED) is 0.134. The number of thiophene rings is 1. The van der Waals surface area contributed by atoms with Crippen molar-refractivity contribution in [2.75, 3.05) is 0 Å². The van der Waals surface area contributed by atoms with Gasteiger partial charge in [0.1, 0.15) is 28.2 Å². The fourth-order valence-electron chi connectivity index (χ4n) is 7.93. The molecule has 0 aliphatic carbocycles. The first-order valence-corrected chi connectivity index (χ1v) is 20.0. The van der Waals surface area contributed by atoms with Crippen molar-refractivity contribution < 1.29 is 8.83 Å². The van der Waals surface area contributed by atoms with E-state index in [1.807, 2.05) is 91.0 Å². The standard InChI is InChI=1S/C50H33N5O2S/c1-29(33-20-12-21-36-34-18-8-10-24-40(34)56-45(33)36)52-49(31-16-6-3-7-17-31)55-48(51)39-23-13-22-37-35-27-26-32(28-41(35)57-46(37)39)50-53-43(30-14-4-2-5-15-30)47-44(54-50)38-19-9-11-25-42(38)58-47/h2-29H,1H3,(H2,51,52,55). The molecule has 7 aromatic carbocycles. The van der Waals surface area contributed by atoms with E-state index in [-0.39, 0.29) is 6.04 Å². The van der Waals surface area contributed by atoms with Gasteiger partial charge >= 0.3 is 0 Å². The number of rotatable bonds is 6. The van der Waals surface area contributed by atoms with Crippen molar-refractivity contribution in [2.45, 2.75) is 13.0 Å². The van der Waals surface area contributed by atoms with Gasteiger partial charge in [0.05, 0.1) is 27.5 Å². The molecule has 2 N–H and O–H groups in total. The highest BCUT2D eigenvalue weighted by Gasteiger charge is 2.20. The summed E-state index contributed by atoms with van der Waals surface area (Å²) in [5.74, 6) is 1.44. The van der Waals surface area contributed by atoms with Crippen molar-refractivity contribution in [1.29, 1.82) is 0 Å². The Morgan fingerprint density at radius 2 is 1.28 bits per heavy atom. The average molecular weight is 768 g/mol. The monoisotopic (exact) mass is 767 g/mol. The first-order valence-electron chi connectivity index (χ1n) is 19.2. The van der Waals surface area contributed by atoms with E-state index >= 15 is 0 Å². The second-order valence-corrected chi connectivity index (χ2v) is 15.4. The number of benzene rings is 7. The molecule has 0 saturated heterocycles. The number of furan rings is 2. The molecule has 8 heteroatoms. The van der Waals surface area contributed by atoms with Crippen LogP contribution in [-0.4, -0.2) is 21.6 Å². The second kappa shape index (κ2) is 13.7. The molecule has 58 heavy (non-hydrogen) atoms. The van der Waals surface area contributed by atoms with Crippen LogP contribution < -0.4 is 5.73 Å². The first-order chi connectivity index (χ1) is 28.6. The van der Waals surface area contributed by atoms with Gasteiger partial charge in [0.15, 0.2) is 11.7 Å². The lowest BCUT2D eigenvalue weighted by Gasteiger charge is -2.11. The van der Waals surface area contributed by atoms with Crippen LogP contribution in [0.4, 0.5) is 0 Å². The number of nitrogens with zero attached hydrogens (tertiary/aromatic N) is 4. The normalized spacial score (nSPS) is 13.1. The Balaban J connectivity index is 1.02. The van der Waals surface area contributed by atoms with Gasteiger partial charge in [0.25, 0.3) is 0 Å². The van der Waals surface area contributed by atoms with Crippen molar-refractivity contribution in [2.24, 2.45) is 15.7 Å². The molecular weight excluding hydrogens is 735 g/mol. The van der Waals surface area contributed by atoms with Gasteiger partial charge in [0.2, 0.25) is 0 Å². The SMILES string of the molecule is CC(N=C(N=C(N)c1cccc2c1oc1cc(-c3nc(-c4ccccc4)c4sc5ccccc5c4n3)ccc12)c1ccccc1)c1cccc2c1oc1ccccc12. The zero-order valence-corrected chi connectivity index (χ0v) is 32.1. The molecule has 276 valence electrons. The van der Waals surface area contributed by atoms with Gasteiger partial charge in [-0.1, -0.05) is 133 Å². The van der Waals surface area contributed by atoms with Crippen molar-refractivity contribution in [3.05, 3.63) is 180 Å². The zero-order valence-electron chi connectivity index (χ0n) is 31.3. The van der Waals surface area contributed by atoms with E-state index in [0.29, 0.717) is 34.2 Å². The number of hydrogen-bond donors (Lipinski definition) is 1. The zero-order chi connectivity index (χ0) is 38.7. The molecule has 11 rings (SSSR count). The van der Waals surface area contributed by atoms with Crippen LogP contribution >= 0.6 is 11.3 Å². The lowest BCUT2D eigenvalue weighted by atomic mass is 10.0. The fraction of sp³-hybridized carbons (Fsp3) is 0.0400. The van der Waals surface area contributed by atoms with Crippen molar-refractivity contribution in [3.63, 3.8) is 0 Å². The van der Waals surface area contributed by atoms with E-state index in [4.69, 9.17) is 34.5 Å².